The average molecular weight is 450 g/mol. The van der Waals surface area contributed by atoms with Crippen LogP contribution in [-0.4, -0.2) is 54.9 Å². The summed E-state index contributed by atoms with van der Waals surface area (Å²) >= 11 is 7.48. The molecule has 2 unspecified atom stereocenters. The Bertz CT molecular complexity index is 1100. The van der Waals surface area contributed by atoms with Crippen molar-refractivity contribution in [2.24, 2.45) is 0 Å². The van der Waals surface area contributed by atoms with E-state index in [4.69, 9.17) is 16.1 Å². The van der Waals surface area contributed by atoms with E-state index in [0.717, 1.165) is 4.90 Å². The van der Waals surface area contributed by atoms with Gasteiger partial charge in [0.25, 0.3) is 5.91 Å². The number of aryl methyl sites for hydroxylation is 1. The molecular formula is C19H16ClN3O6S. The van der Waals surface area contributed by atoms with Crippen molar-refractivity contribution >= 4 is 47.0 Å². The molecule has 0 bridgehead atoms. The Morgan fingerprint density at radius 3 is 2.63 bits per heavy atom. The maximum absolute atomic E-state index is 12.8. The molecule has 1 aromatic heterocycles. The number of carbonyl (C=O) groups is 3. The van der Waals surface area contributed by atoms with Crippen molar-refractivity contribution in [2.45, 2.75) is 30.5 Å². The Hall–Kier alpha value is -2.98. The number of benzene rings is 1. The molecule has 156 valence electrons. The molecule has 2 aliphatic rings. The van der Waals surface area contributed by atoms with E-state index in [1.165, 1.54) is 22.9 Å². The van der Waals surface area contributed by atoms with Crippen LogP contribution in [0.2, 0.25) is 5.02 Å². The number of anilines is 1. The molecule has 0 aliphatic carbocycles. The van der Waals surface area contributed by atoms with Crippen LogP contribution in [0, 0.1) is 6.92 Å². The molecule has 3 atom stereocenters. The average Bonchev–Trinajstić information content (AvgIpc) is 3.06. The number of β-lactam (4-membered cyclic amide) rings is 1. The Labute approximate surface area is 179 Å². The van der Waals surface area contributed by atoms with E-state index in [1.54, 1.807) is 38.1 Å². The zero-order chi connectivity index (χ0) is 21.7. The van der Waals surface area contributed by atoms with Gasteiger partial charge < -0.3 is 19.6 Å². The molecule has 1 fully saturated rings. The summed E-state index contributed by atoms with van der Waals surface area (Å²) in [6, 6.07) is 5.72. The smallest absolute Gasteiger partial charge is 0.412 e. The molecule has 3 heterocycles. The summed E-state index contributed by atoms with van der Waals surface area (Å²) in [6.45, 7) is 3.26. The summed E-state index contributed by atoms with van der Waals surface area (Å²) < 4.78 is 5.26. The van der Waals surface area contributed by atoms with Crippen LogP contribution in [0.25, 0.3) is 11.3 Å². The van der Waals surface area contributed by atoms with Crippen LogP contribution in [0.3, 0.4) is 0 Å². The number of hydrogen-bond donors (Lipinski definition) is 2. The molecule has 0 spiro atoms. The second-order valence-corrected chi connectivity index (χ2v) is 8.69. The highest BCUT2D eigenvalue weighted by atomic mass is 35.5. The largest absolute Gasteiger partial charge is 0.478 e. The fourth-order valence-corrected chi connectivity index (χ4v) is 5.22. The van der Waals surface area contributed by atoms with Gasteiger partial charge in [0.15, 0.2) is 5.76 Å². The second kappa shape index (κ2) is 7.37. The molecule has 0 radical (unpaired) electrons. The Kier molecular flexibility index (Phi) is 4.99. The minimum Gasteiger partial charge on any atom is -0.478 e. The third-order valence-corrected chi connectivity index (χ3v) is 6.80. The highest BCUT2D eigenvalue weighted by molar-refractivity contribution is 8.00. The first kappa shape index (κ1) is 20.3. The molecule has 4 rings (SSSR count). The quantitative estimate of drug-likeness (QED) is 0.680. The Morgan fingerprint density at radius 1 is 1.30 bits per heavy atom. The molecule has 2 amide bonds. The third kappa shape index (κ3) is 3.03. The van der Waals surface area contributed by atoms with Crippen LogP contribution < -0.4 is 4.90 Å². The monoisotopic (exact) mass is 449 g/mol. The Morgan fingerprint density at radius 2 is 2.00 bits per heavy atom. The van der Waals surface area contributed by atoms with Gasteiger partial charge in [0.2, 0.25) is 0 Å². The highest BCUT2D eigenvalue weighted by Crippen LogP contribution is 2.46. The molecule has 2 aliphatic heterocycles. The first-order valence-electron chi connectivity index (χ1n) is 8.88. The minimum absolute atomic E-state index is 0.0860. The van der Waals surface area contributed by atoms with Crippen molar-refractivity contribution < 1.29 is 29.1 Å². The number of amides is 2. The summed E-state index contributed by atoms with van der Waals surface area (Å²) in [4.78, 5) is 38.7. The van der Waals surface area contributed by atoms with E-state index in [-0.39, 0.29) is 22.7 Å². The summed E-state index contributed by atoms with van der Waals surface area (Å²) in [5, 5.41) is 22.7. The van der Waals surface area contributed by atoms with Gasteiger partial charge in [-0.15, -0.1) is 11.8 Å². The zero-order valence-corrected chi connectivity index (χ0v) is 17.3. The van der Waals surface area contributed by atoms with Crippen LogP contribution in [-0.2, 0) is 9.59 Å². The van der Waals surface area contributed by atoms with E-state index in [9.17, 15) is 24.6 Å². The lowest BCUT2D eigenvalue weighted by Crippen LogP contribution is -2.70. The van der Waals surface area contributed by atoms with E-state index in [0.29, 0.717) is 10.6 Å². The van der Waals surface area contributed by atoms with Crippen molar-refractivity contribution in [3.8, 4) is 11.3 Å². The number of rotatable bonds is 4. The number of nitrogens with zero attached hydrogens (tertiary/aromatic N) is 3. The maximum atomic E-state index is 12.8. The standard InChI is InChI=1S/C19H16ClN3O6S/c1-8-14(13(21-29-8)10-5-3-4-6-12(10)20)23(19(27)28)15-16(24)22-7-11(18(25)26)9(2)30-17(15)22/h3-7,9,15,17H,1-2H3,(H,25,26)(H,27,28)/t9?,15?,17-/m1/s1. The van der Waals surface area contributed by atoms with E-state index in [2.05, 4.69) is 5.16 Å². The number of aliphatic carboxylic acids is 1. The first-order chi connectivity index (χ1) is 14.2. The molecule has 2 N–H and O–H groups in total. The van der Waals surface area contributed by atoms with Gasteiger partial charge in [-0.05, 0) is 19.9 Å². The summed E-state index contributed by atoms with van der Waals surface area (Å²) in [7, 11) is 0. The highest BCUT2D eigenvalue weighted by Gasteiger charge is 2.56. The van der Waals surface area contributed by atoms with Gasteiger partial charge in [0.05, 0.1) is 10.6 Å². The predicted octanol–water partition coefficient (Wildman–Crippen LogP) is 3.43. The molecule has 1 saturated heterocycles. The number of carboxylic acid groups (broad SMARTS) is 2. The number of aromatic nitrogens is 1. The Balaban J connectivity index is 1.77. The van der Waals surface area contributed by atoms with Gasteiger partial charge >= 0.3 is 12.1 Å². The number of carbonyl (C=O) groups excluding carboxylic acids is 1. The number of halogens is 1. The topological polar surface area (TPSA) is 124 Å². The zero-order valence-electron chi connectivity index (χ0n) is 15.8. The maximum Gasteiger partial charge on any atom is 0.412 e. The second-order valence-electron chi connectivity index (χ2n) is 6.82. The van der Waals surface area contributed by atoms with Gasteiger partial charge in [-0.3, -0.25) is 9.69 Å². The lowest BCUT2D eigenvalue weighted by molar-refractivity contribution is -0.140. The molecule has 11 heteroatoms. The molecule has 2 aromatic rings. The van der Waals surface area contributed by atoms with E-state index in [1.807, 2.05) is 0 Å². The van der Waals surface area contributed by atoms with E-state index >= 15 is 0 Å². The van der Waals surface area contributed by atoms with Crippen molar-refractivity contribution in [1.29, 1.82) is 0 Å². The molecule has 0 saturated carbocycles. The summed E-state index contributed by atoms with van der Waals surface area (Å²) in [6.07, 6.45) is -0.0727. The van der Waals surface area contributed by atoms with Gasteiger partial charge in [-0.25, -0.2) is 9.59 Å². The van der Waals surface area contributed by atoms with Crippen molar-refractivity contribution in [3.63, 3.8) is 0 Å². The van der Waals surface area contributed by atoms with Crippen LogP contribution >= 0.6 is 23.4 Å². The van der Waals surface area contributed by atoms with Gasteiger partial charge in [0, 0.05) is 17.0 Å². The summed E-state index contributed by atoms with van der Waals surface area (Å²) in [5.74, 6) is -1.42. The van der Waals surface area contributed by atoms with Crippen molar-refractivity contribution in [3.05, 3.63) is 46.8 Å². The number of carboxylic acids is 1. The van der Waals surface area contributed by atoms with Crippen LogP contribution in [0.1, 0.15) is 12.7 Å². The number of fused-ring (bicyclic) bond motifs is 1. The number of thioether (sulfide) groups is 1. The van der Waals surface area contributed by atoms with Crippen LogP contribution in [0.4, 0.5) is 10.5 Å². The van der Waals surface area contributed by atoms with Crippen LogP contribution in [0.15, 0.2) is 40.6 Å². The van der Waals surface area contributed by atoms with E-state index < -0.39 is 34.6 Å². The van der Waals surface area contributed by atoms with Gasteiger partial charge in [-0.2, -0.15) is 0 Å². The lowest BCUT2D eigenvalue weighted by Gasteiger charge is -2.51. The molecular weight excluding hydrogens is 434 g/mol. The van der Waals surface area contributed by atoms with Crippen molar-refractivity contribution in [2.75, 3.05) is 4.90 Å². The van der Waals surface area contributed by atoms with Crippen molar-refractivity contribution in [1.82, 2.24) is 10.1 Å². The molecule has 9 nitrogen and oxygen atoms in total. The molecule has 1 aromatic carbocycles. The SMILES string of the molecule is Cc1onc(-c2ccccc2Cl)c1N(C(=O)O)C1C(=O)N2C=C(C(=O)O)C(C)S[C@H]12. The number of hydrogen-bond acceptors (Lipinski definition) is 6. The van der Waals surface area contributed by atoms with Crippen LogP contribution in [0.5, 0.6) is 0 Å². The third-order valence-electron chi connectivity index (χ3n) is 5.04. The van der Waals surface area contributed by atoms with Gasteiger partial charge in [-0.1, -0.05) is 35.0 Å². The fourth-order valence-electron chi connectivity index (χ4n) is 3.59. The summed E-state index contributed by atoms with van der Waals surface area (Å²) in [5.41, 5.74) is 0.902. The lowest BCUT2D eigenvalue weighted by atomic mass is 10.0. The minimum atomic E-state index is -1.35. The normalized spacial score (nSPS) is 22.8. The predicted molar refractivity (Wildman–Crippen MR) is 109 cm³/mol. The first-order valence-corrected chi connectivity index (χ1v) is 10.2. The van der Waals surface area contributed by atoms with Gasteiger partial charge in [0.1, 0.15) is 22.8 Å². The fraction of sp³-hybridized carbons (Fsp3) is 0.263. The molecule has 30 heavy (non-hydrogen) atoms.